The first-order valence-electron chi connectivity index (χ1n) is 8.04. The number of likely N-dealkylation sites (N-methyl/N-ethyl adjacent to an activating group) is 2. The summed E-state index contributed by atoms with van der Waals surface area (Å²) >= 11 is 7.12. The Kier molecular flexibility index (Phi) is 5.66. The Morgan fingerprint density at radius 2 is 1.82 bits per heavy atom. The number of ether oxygens (including phenoxy) is 2. The molecule has 0 bridgehead atoms. The maximum atomic E-state index is 12.3. The average Bonchev–Trinajstić information content (AvgIpc) is 3.12. The normalized spacial score (nSPS) is 14.6. The second-order valence-corrected chi connectivity index (χ2v) is 7.54. The van der Waals surface area contributed by atoms with E-state index in [0.29, 0.717) is 21.5 Å². The number of benzene rings is 1. The van der Waals surface area contributed by atoms with Gasteiger partial charge in [-0.3, -0.25) is 19.4 Å². The molecule has 1 aliphatic rings. The smallest absolute Gasteiger partial charge is 0.333 e. The first kappa shape index (κ1) is 19.8. The number of aromatic nitrogens is 1. The van der Waals surface area contributed by atoms with Gasteiger partial charge in [0.05, 0.1) is 12.0 Å². The fraction of sp³-hybridized carbons (Fsp3) is 0.222. The molecule has 0 saturated carbocycles. The van der Waals surface area contributed by atoms with E-state index in [0.717, 1.165) is 14.7 Å². The van der Waals surface area contributed by atoms with Crippen LogP contribution in [-0.2, 0) is 16.2 Å². The van der Waals surface area contributed by atoms with Gasteiger partial charge in [0.15, 0.2) is 16.0 Å². The van der Waals surface area contributed by atoms with E-state index in [2.05, 4.69) is 4.98 Å². The van der Waals surface area contributed by atoms with Gasteiger partial charge in [0.25, 0.3) is 11.8 Å². The lowest BCUT2D eigenvalue weighted by molar-refractivity contribution is -0.134. The zero-order valence-corrected chi connectivity index (χ0v) is 16.8. The van der Waals surface area contributed by atoms with Crippen LogP contribution in [0, 0.1) is 0 Å². The van der Waals surface area contributed by atoms with Crippen molar-refractivity contribution in [1.29, 1.82) is 0 Å². The van der Waals surface area contributed by atoms with Crippen molar-refractivity contribution in [3.63, 3.8) is 0 Å². The molecule has 0 radical (unpaired) electrons. The van der Waals surface area contributed by atoms with Gasteiger partial charge in [0.1, 0.15) is 12.2 Å². The molecule has 4 amide bonds. The van der Waals surface area contributed by atoms with Crippen LogP contribution >= 0.6 is 22.9 Å². The molecule has 146 valence electrons. The van der Waals surface area contributed by atoms with Gasteiger partial charge in [0.2, 0.25) is 0 Å². The Balaban J connectivity index is 1.85. The molecular weight excluding hydrogens is 406 g/mol. The second-order valence-electron chi connectivity index (χ2n) is 5.85. The summed E-state index contributed by atoms with van der Waals surface area (Å²) in [5, 5.41) is 0. The van der Waals surface area contributed by atoms with Gasteiger partial charge >= 0.3 is 6.03 Å². The maximum Gasteiger partial charge on any atom is 0.333 e. The number of hydrogen-bond acceptors (Lipinski definition) is 7. The predicted octanol–water partition coefficient (Wildman–Crippen LogP) is 2.82. The summed E-state index contributed by atoms with van der Waals surface area (Å²) in [7, 11) is 4.13. The van der Waals surface area contributed by atoms with Gasteiger partial charge < -0.3 is 9.47 Å². The Morgan fingerprint density at radius 1 is 1.14 bits per heavy atom. The number of imide groups is 2. The summed E-state index contributed by atoms with van der Waals surface area (Å²) in [4.78, 5) is 43.0. The summed E-state index contributed by atoms with van der Waals surface area (Å²) in [6.07, 6.45) is 3.05. The van der Waals surface area contributed by atoms with Crippen LogP contribution in [0.15, 0.2) is 30.0 Å². The lowest BCUT2D eigenvalue weighted by Crippen LogP contribution is -2.52. The molecule has 1 aromatic heterocycles. The molecule has 1 fully saturated rings. The number of hydrogen-bond donors (Lipinski definition) is 0. The number of rotatable bonds is 5. The number of amides is 4. The molecule has 0 spiro atoms. The van der Waals surface area contributed by atoms with Crippen molar-refractivity contribution in [3.8, 4) is 11.5 Å². The predicted molar refractivity (Wildman–Crippen MR) is 103 cm³/mol. The first-order valence-corrected chi connectivity index (χ1v) is 9.24. The average molecular weight is 422 g/mol. The highest BCUT2D eigenvalue weighted by molar-refractivity contribution is 7.15. The Morgan fingerprint density at radius 3 is 2.39 bits per heavy atom. The number of carbonyl (C=O) groups excluding carboxylic acids is 3. The molecule has 28 heavy (non-hydrogen) atoms. The van der Waals surface area contributed by atoms with E-state index in [4.69, 9.17) is 21.1 Å². The van der Waals surface area contributed by atoms with Crippen LogP contribution in [0.3, 0.4) is 0 Å². The van der Waals surface area contributed by atoms with Crippen LogP contribution < -0.4 is 9.47 Å². The Labute approximate surface area is 169 Å². The standard InChI is InChI=1S/C18H16ClN3O5S/c1-21-15(23)12(16(24)22(2)18(21)25)6-10-4-5-13(14(7-10)26-3)27-9-11-8-20-17(19)28-11/h4-8H,9H2,1-3H3. The maximum absolute atomic E-state index is 12.3. The lowest BCUT2D eigenvalue weighted by atomic mass is 10.1. The zero-order chi connectivity index (χ0) is 20.4. The van der Waals surface area contributed by atoms with Crippen molar-refractivity contribution in [1.82, 2.24) is 14.8 Å². The molecule has 2 heterocycles. The van der Waals surface area contributed by atoms with Crippen LogP contribution in [0.1, 0.15) is 10.4 Å². The number of carbonyl (C=O) groups is 3. The third-order valence-corrected chi connectivity index (χ3v) is 5.13. The number of barbiturate groups is 1. The van der Waals surface area contributed by atoms with Crippen LogP contribution in [0.25, 0.3) is 6.08 Å². The van der Waals surface area contributed by atoms with E-state index >= 15 is 0 Å². The SMILES string of the molecule is COc1cc(C=C2C(=O)N(C)C(=O)N(C)C2=O)ccc1OCc1cnc(Cl)s1. The molecule has 8 nitrogen and oxygen atoms in total. The van der Waals surface area contributed by atoms with Gasteiger partial charge in [-0.1, -0.05) is 17.7 Å². The minimum atomic E-state index is -0.670. The monoisotopic (exact) mass is 421 g/mol. The topological polar surface area (TPSA) is 89.0 Å². The van der Waals surface area contributed by atoms with Crippen LogP contribution in [0.2, 0.25) is 4.47 Å². The highest BCUT2D eigenvalue weighted by Gasteiger charge is 2.37. The van der Waals surface area contributed by atoms with Gasteiger partial charge in [-0.05, 0) is 23.8 Å². The number of methoxy groups -OCH3 is 1. The van der Waals surface area contributed by atoms with Gasteiger partial charge in [-0.15, -0.1) is 11.3 Å². The third-order valence-electron chi connectivity index (χ3n) is 4.04. The molecule has 3 rings (SSSR count). The molecule has 10 heteroatoms. The largest absolute Gasteiger partial charge is 0.493 e. The number of thiazole rings is 1. The molecule has 1 saturated heterocycles. The first-order chi connectivity index (χ1) is 13.3. The van der Waals surface area contributed by atoms with Crippen LogP contribution in [-0.4, -0.2) is 53.8 Å². The van der Waals surface area contributed by atoms with Crippen molar-refractivity contribution in [2.24, 2.45) is 0 Å². The molecular formula is C18H16ClN3O5S. The molecule has 0 N–H and O–H groups in total. The van der Waals surface area contributed by atoms with Crippen molar-refractivity contribution < 1.29 is 23.9 Å². The van der Waals surface area contributed by atoms with Crippen molar-refractivity contribution >= 4 is 46.9 Å². The Hall–Kier alpha value is -2.91. The molecule has 1 aromatic carbocycles. The molecule has 0 aliphatic carbocycles. The molecule has 0 atom stereocenters. The molecule has 0 unspecified atom stereocenters. The summed E-state index contributed by atoms with van der Waals surface area (Å²) in [6.45, 7) is 0.274. The van der Waals surface area contributed by atoms with E-state index in [9.17, 15) is 14.4 Å². The third kappa shape index (κ3) is 3.85. The summed E-state index contributed by atoms with van der Waals surface area (Å²) < 4.78 is 11.5. The van der Waals surface area contributed by atoms with Crippen LogP contribution in [0.4, 0.5) is 4.79 Å². The highest BCUT2D eigenvalue weighted by Crippen LogP contribution is 2.31. The number of halogens is 1. The van der Waals surface area contributed by atoms with Gasteiger partial charge in [-0.2, -0.15) is 0 Å². The summed E-state index contributed by atoms with van der Waals surface area (Å²) in [6, 6.07) is 4.32. The fourth-order valence-corrected chi connectivity index (χ4v) is 3.43. The van der Waals surface area contributed by atoms with Crippen molar-refractivity contribution in [3.05, 3.63) is 44.9 Å². The number of urea groups is 1. The molecule has 1 aliphatic heterocycles. The lowest BCUT2D eigenvalue weighted by Gasteiger charge is -2.28. The van der Waals surface area contributed by atoms with E-state index in [1.165, 1.54) is 38.6 Å². The second kappa shape index (κ2) is 7.99. The van der Waals surface area contributed by atoms with Crippen LogP contribution in [0.5, 0.6) is 11.5 Å². The van der Waals surface area contributed by atoms with E-state index in [-0.39, 0.29) is 12.2 Å². The van der Waals surface area contributed by atoms with Gasteiger partial charge in [0, 0.05) is 20.3 Å². The zero-order valence-electron chi connectivity index (χ0n) is 15.3. The highest BCUT2D eigenvalue weighted by atomic mass is 35.5. The minimum absolute atomic E-state index is 0.111. The summed E-state index contributed by atoms with van der Waals surface area (Å²) in [5.41, 5.74) is 0.442. The molecule has 2 aromatic rings. The Bertz CT molecular complexity index is 961. The fourth-order valence-electron chi connectivity index (χ4n) is 2.53. The van der Waals surface area contributed by atoms with E-state index in [1.807, 2.05) is 0 Å². The van der Waals surface area contributed by atoms with E-state index < -0.39 is 17.8 Å². The quantitative estimate of drug-likeness (QED) is 0.544. The van der Waals surface area contributed by atoms with Crippen molar-refractivity contribution in [2.75, 3.05) is 21.2 Å². The summed E-state index contributed by atoms with van der Waals surface area (Å²) in [5.74, 6) is -0.401. The number of nitrogens with zero attached hydrogens (tertiary/aromatic N) is 3. The van der Waals surface area contributed by atoms with Crippen molar-refractivity contribution in [2.45, 2.75) is 6.61 Å². The minimum Gasteiger partial charge on any atom is -0.493 e. The van der Waals surface area contributed by atoms with E-state index in [1.54, 1.807) is 24.4 Å². The van der Waals surface area contributed by atoms with Gasteiger partial charge in [-0.25, -0.2) is 9.78 Å².